The first kappa shape index (κ1) is 16.1. The molecule has 0 heterocycles. The van der Waals surface area contributed by atoms with Crippen molar-refractivity contribution in [3.63, 3.8) is 0 Å². The molecule has 1 atom stereocenters. The van der Waals surface area contributed by atoms with E-state index in [1.165, 1.54) is 38.5 Å². The van der Waals surface area contributed by atoms with E-state index in [4.69, 9.17) is 10.5 Å². The van der Waals surface area contributed by atoms with Crippen LogP contribution in [0.1, 0.15) is 38.5 Å². The fourth-order valence-corrected chi connectivity index (χ4v) is 3.03. The largest absolute Gasteiger partial charge is 0.491 e. The van der Waals surface area contributed by atoms with Gasteiger partial charge >= 0.3 is 0 Å². The molecule has 1 fully saturated rings. The molecule has 3 N–H and O–H groups in total. The molecule has 118 valence electrons. The first-order valence-electron chi connectivity index (χ1n) is 8.02. The molecule has 1 aromatic carbocycles. The van der Waals surface area contributed by atoms with E-state index in [9.17, 15) is 5.11 Å². The molecule has 1 saturated carbocycles. The van der Waals surface area contributed by atoms with Gasteiger partial charge in [0.25, 0.3) is 0 Å². The third kappa shape index (κ3) is 5.56. The van der Waals surface area contributed by atoms with E-state index in [2.05, 4.69) is 11.9 Å². The van der Waals surface area contributed by atoms with Gasteiger partial charge in [0.05, 0.1) is 0 Å². The number of nitrogens with zero attached hydrogens (tertiary/aromatic N) is 1. The molecule has 0 radical (unpaired) electrons. The molecule has 0 saturated heterocycles. The Bertz CT molecular complexity index is 417. The lowest BCUT2D eigenvalue weighted by molar-refractivity contribution is 0.0603. The lowest BCUT2D eigenvalue weighted by atomic mass is 10.1. The van der Waals surface area contributed by atoms with E-state index in [0.717, 1.165) is 0 Å². The Morgan fingerprint density at radius 2 is 2.00 bits per heavy atom. The van der Waals surface area contributed by atoms with Crippen molar-refractivity contribution >= 4 is 5.69 Å². The molecule has 2 rings (SSSR count). The molecular weight excluding hydrogens is 264 g/mol. The number of benzene rings is 1. The van der Waals surface area contributed by atoms with Crippen molar-refractivity contribution in [2.45, 2.75) is 50.7 Å². The topological polar surface area (TPSA) is 58.7 Å². The van der Waals surface area contributed by atoms with Crippen molar-refractivity contribution in [3.05, 3.63) is 24.3 Å². The molecule has 0 spiro atoms. The maximum Gasteiger partial charge on any atom is 0.121 e. The SMILES string of the molecule is CN(CC(O)COc1cccc(N)c1)C1CCCCCC1. The Kier molecular flexibility index (Phi) is 6.33. The summed E-state index contributed by atoms with van der Waals surface area (Å²) in [6.45, 7) is 0.966. The lowest BCUT2D eigenvalue weighted by Gasteiger charge is -2.29. The smallest absolute Gasteiger partial charge is 0.121 e. The Morgan fingerprint density at radius 1 is 1.29 bits per heavy atom. The summed E-state index contributed by atoms with van der Waals surface area (Å²) in [6.07, 6.45) is 7.35. The van der Waals surface area contributed by atoms with Gasteiger partial charge in [-0.25, -0.2) is 0 Å². The number of nitrogen functional groups attached to an aromatic ring is 1. The van der Waals surface area contributed by atoms with Crippen LogP contribution in [0.15, 0.2) is 24.3 Å². The van der Waals surface area contributed by atoms with Gasteiger partial charge < -0.3 is 20.5 Å². The van der Waals surface area contributed by atoms with Crippen LogP contribution in [0.5, 0.6) is 5.75 Å². The molecule has 0 amide bonds. The Morgan fingerprint density at radius 3 is 2.67 bits per heavy atom. The number of likely N-dealkylation sites (N-methyl/N-ethyl adjacent to an activating group) is 1. The van der Waals surface area contributed by atoms with Gasteiger partial charge in [-0.2, -0.15) is 0 Å². The van der Waals surface area contributed by atoms with Crippen LogP contribution in [-0.4, -0.2) is 42.4 Å². The fourth-order valence-electron chi connectivity index (χ4n) is 3.03. The molecular formula is C17H28N2O2. The van der Waals surface area contributed by atoms with Gasteiger partial charge in [-0.15, -0.1) is 0 Å². The van der Waals surface area contributed by atoms with Crippen molar-refractivity contribution in [3.8, 4) is 5.75 Å². The third-order valence-corrected chi connectivity index (χ3v) is 4.25. The van der Waals surface area contributed by atoms with E-state index >= 15 is 0 Å². The first-order chi connectivity index (χ1) is 10.1. The maximum atomic E-state index is 10.2. The van der Waals surface area contributed by atoms with Crippen molar-refractivity contribution in [1.29, 1.82) is 0 Å². The average molecular weight is 292 g/mol. The van der Waals surface area contributed by atoms with Gasteiger partial charge in [0.15, 0.2) is 0 Å². The summed E-state index contributed by atoms with van der Waals surface area (Å²) < 4.78 is 5.60. The van der Waals surface area contributed by atoms with Crippen LogP contribution in [0.2, 0.25) is 0 Å². The molecule has 1 aliphatic carbocycles. The maximum absolute atomic E-state index is 10.2. The van der Waals surface area contributed by atoms with E-state index < -0.39 is 6.10 Å². The van der Waals surface area contributed by atoms with Crippen LogP contribution >= 0.6 is 0 Å². The highest BCUT2D eigenvalue weighted by Gasteiger charge is 2.19. The summed E-state index contributed by atoms with van der Waals surface area (Å²) in [6, 6.07) is 7.92. The number of rotatable bonds is 6. The summed E-state index contributed by atoms with van der Waals surface area (Å²) in [7, 11) is 2.11. The van der Waals surface area contributed by atoms with Crippen molar-refractivity contribution in [2.75, 3.05) is 25.9 Å². The summed E-state index contributed by atoms with van der Waals surface area (Å²) in [5.74, 6) is 0.714. The molecule has 1 aliphatic rings. The van der Waals surface area contributed by atoms with Gasteiger partial charge in [0, 0.05) is 24.3 Å². The second-order valence-corrected chi connectivity index (χ2v) is 6.12. The van der Waals surface area contributed by atoms with Crippen LogP contribution in [0, 0.1) is 0 Å². The summed E-state index contributed by atoms with van der Waals surface area (Å²) in [5, 5.41) is 10.2. The highest BCUT2D eigenvalue weighted by atomic mass is 16.5. The lowest BCUT2D eigenvalue weighted by Crippen LogP contribution is -2.39. The highest BCUT2D eigenvalue weighted by molar-refractivity contribution is 5.43. The molecule has 0 aromatic heterocycles. The van der Waals surface area contributed by atoms with Crippen molar-refractivity contribution < 1.29 is 9.84 Å². The molecule has 1 aromatic rings. The second-order valence-electron chi connectivity index (χ2n) is 6.12. The number of aliphatic hydroxyl groups is 1. The van der Waals surface area contributed by atoms with E-state index in [0.29, 0.717) is 30.6 Å². The summed E-state index contributed by atoms with van der Waals surface area (Å²) in [5.41, 5.74) is 6.39. The monoisotopic (exact) mass is 292 g/mol. The number of ether oxygens (including phenoxy) is 1. The Balaban J connectivity index is 1.74. The summed E-state index contributed by atoms with van der Waals surface area (Å²) >= 11 is 0. The van der Waals surface area contributed by atoms with E-state index in [1.807, 2.05) is 18.2 Å². The molecule has 21 heavy (non-hydrogen) atoms. The van der Waals surface area contributed by atoms with Gasteiger partial charge in [0.1, 0.15) is 18.5 Å². The number of nitrogens with two attached hydrogens (primary N) is 1. The number of anilines is 1. The van der Waals surface area contributed by atoms with Gasteiger partial charge in [-0.1, -0.05) is 31.7 Å². The minimum Gasteiger partial charge on any atom is -0.491 e. The highest BCUT2D eigenvalue weighted by Crippen LogP contribution is 2.21. The van der Waals surface area contributed by atoms with Gasteiger partial charge in [0.2, 0.25) is 0 Å². The zero-order valence-corrected chi connectivity index (χ0v) is 13.0. The van der Waals surface area contributed by atoms with Gasteiger partial charge in [-0.05, 0) is 32.0 Å². The normalized spacial score (nSPS) is 18.4. The molecule has 4 heteroatoms. The van der Waals surface area contributed by atoms with Crippen LogP contribution in [0.3, 0.4) is 0 Å². The molecule has 4 nitrogen and oxygen atoms in total. The molecule has 0 bridgehead atoms. The zero-order valence-electron chi connectivity index (χ0n) is 13.0. The van der Waals surface area contributed by atoms with Crippen LogP contribution in [0.25, 0.3) is 0 Å². The average Bonchev–Trinajstić information content (AvgIpc) is 2.74. The van der Waals surface area contributed by atoms with E-state index in [1.54, 1.807) is 6.07 Å². The minimum absolute atomic E-state index is 0.306. The minimum atomic E-state index is -0.473. The van der Waals surface area contributed by atoms with E-state index in [-0.39, 0.29) is 0 Å². The second kappa shape index (κ2) is 8.25. The molecule has 1 unspecified atom stereocenters. The first-order valence-corrected chi connectivity index (χ1v) is 8.02. The zero-order chi connectivity index (χ0) is 15.1. The predicted octanol–water partition coefficient (Wildman–Crippen LogP) is 2.66. The molecule has 0 aliphatic heterocycles. The fraction of sp³-hybridized carbons (Fsp3) is 0.647. The number of hydrogen-bond donors (Lipinski definition) is 2. The Hall–Kier alpha value is -1.26. The number of hydrogen-bond acceptors (Lipinski definition) is 4. The quantitative estimate of drug-likeness (QED) is 0.625. The Labute approximate surface area is 127 Å². The number of aliphatic hydroxyl groups excluding tert-OH is 1. The van der Waals surface area contributed by atoms with Crippen LogP contribution in [0.4, 0.5) is 5.69 Å². The van der Waals surface area contributed by atoms with Crippen molar-refractivity contribution in [1.82, 2.24) is 4.90 Å². The standard InChI is InChI=1S/C17H28N2O2/c1-19(15-8-4-2-3-5-9-15)12-16(20)13-21-17-10-6-7-14(18)11-17/h6-7,10-11,15-16,20H,2-5,8-9,12-13,18H2,1H3. The predicted molar refractivity (Wildman–Crippen MR) is 86.5 cm³/mol. The third-order valence-electron chi connectivity index (χ3n) is 4.25. The summed E-state index contributed by atoms with van der Waals surface area (Å²) in [4.78, 5) is 2.29. The van der Waals surface area contributed by atoms with Gasteiger partial charge in [-0.3, -0.25) is 0 Å². The van der Waals surface area contributed by atoms with Crippen LogP contribution < -0.4 is 10.5 Å². The van der Waals surface area contributed by atoms with Crippen molar-refractivity contribution in [2.24, 2.45) is 0 Å². The van der Waals surface area contributed by atoms with Crippen LogP contribution in [-0.2, 0) is 0 Å².